The fourth-order valence-electron chi connectivity index (χ4n) is 1.93. The van der Waals surface area contributed by atoms with Gasteiger partial charge in [-0.25, -0.2) is 4.79 Å². The van der Waals surface area contributed by atoms with Crippen molar-refractivity contribution in [3.8, 4) is 0 Å². The summed E-state index contributed by atoms with van der Waals surface area (Å²) in [6, 6.07) is 5.64. The molecule has 16 heavy (non-hydrogen) atoms. The number of aryl methyl sites for hydroxylation is 2. The first-order chi connectivity index (χ1) is 7.45. The van der Waals surface area contributed by atoms with E-state index >= 15 is 0 Å². The van der Waals surface area contributed by atoms with Crippen LogP contribution in [0.1, 0.15) is 25.0 Å². The molecule has 0 heterocycles. The molecule has 0 unspecified atom stereocenters. The largest absolute Gasteiger partial charge is 0.480 e. The molecule has 1 rings (SSSR count). The summed E-state index contributed by atoms with van der Waals surface area (Å²) >= 11 is 0. The summed E-state index contributed by atoms with van der Waals surface area (Å²) in [6.07, 6.45) is 0. The second kappa shape index (κ2) is 5.01. The Balaban J connectivity index is 3.08. The minimum Gasteiger partial charge on any atom is -0.480 e. The molecule has 0 aliphatic heterocycles. The normalized spacial score (nSPS) is 12.2. The number of aliphatic carboxylic acids is 1. The van der Waals surface area contributed by atoms with Gasteiger partial charge < -0.3 is 10.0 Å². The molecule has 0 bridgehead atoms. The third-order valence-corrected chi connectivity index (χ3v) is 2.70. The van der Waals surface area contributed by atoms with Gasteiger partial charge in [0.1, 0.15) is 6.04 Å². The number of hydrogen-bond donors (Lipinski definition) is 1. The van der Waals surface area contributed by atoms with Gasteiger partial charge in [0.25, 0.3) is 0 Å². The van der Waals surface area contributed by atoms with E-state index in [1.807, 2.05) is 37.8 Å². The fourth-order valence-corrected chi connectivity index (χ4v) is 1.93. The van der Waals surface area contributed by atoms with Gasteiger partial charge in [0.05, 0.1) is 0 Å². The van der Waals surface area contributed by atoms with E-state index in [0.717, 1.165) is 16.8 Å². The van der Waals surface area contributed by atoms with Crippen LogP contribution in [0, 0.1) is 13.8 Å². The number of anilines is 1. The van der Waals surface area contributed by atoms with Gasteiger partial charge in [0, 0.05) is 12.2 Å². The molecular weight excluding hydrogens is 202 g/mol. The van der Waals surface area contributed by atoms with E-state index in [1.54, 1.807) is 6.92 Å². The standard InChI is InChI=1S/C13H19NO2/c1-5-14(11(4)13(15)16)12-7-9(2)6-10(3)8-12/h6-8,11H,5H2,1-4H3,(H,15,16)/t11-/m0/s1. The molecule has 1 aromatic rings. The van der Waals surface area contributed by atoms with Gasteiger partial charge in [0.2, 0.25) is 0 Å². The van der Waals surface area contributed by atoms with E-state index in [-0.39, 0.29) is 0 Å². The number of likely N-dealkylation sites (N-methyl/N-ethyl adjacent to an activating group) is 1. The van der Waals surface area contributed by atoms with Crippen molar-refractivity contribution in [1.29, 1.82) is 0 Å². The van der Waals surface area contributed by atoms with Crippen molar-refractivity contribution in [2.45, 2.75) is 33.7 Å². The molecule has 0 saturated carbocycles. The molecule has 0 saturated heterocycles. The van der Waals surface area contributed by atoms with Gasteiger partial charge in [-0.2, -0.15) is 0 Å². The van der Waals surface area contributed by atoms with E-state index in [0.29, 0.717) is 6.54 Å². The lowest BCUT2D eigenvalue weighted by Gasteiger charge is -2.27. The van der Waals surface area contributed by atoms with Crippen molar-refractivity contribution in [3.63, 3.8) is 0 Å². The Kier molecular flexibility index (Phi) is 3.93. The Hall–Kier alpha value is -1.51. The molecule has 3 heteroatoms. The van der Waals surface area contributed by atoms with Crippen molar-refractivity contribution < 1.29 is 9.90 Å². The van der Waals surface area contributed by atoms with E-state index in [4.69, 9.17) is 5.11 Å². The molecule has 3 nitrogen and oxygen atoms in total. The van der Waals surface area contributed by atoms with Crippen molar-refractivity contribution >= 4 is 11.7 Å². The third kappa shape index (κ3) is 2.75. The molecule has 0 radical (unpaired) electrons. The fraction of sp³-hybridized carbons (Fsp3) is 0.462. The first-order valence-corrected chi connectivity index (χ1v) is 5.53. The molecule has 0 aliphatic carbocycles. The summed E-state index contributed by atoms with van der Waals surface area (Å²) in [4.78, 5) is 12.9. The van der Waals surface area contributed by atoms with Crippen LogP contribution in [0.4, 0.5) is 5.69 Å². The van der Waals surface area contributed by atoms with Gasteiger partial charge in [-0.05, 0) is 51.0 Å². The van der Waals surface area contributed by atoms with Gasteiger partial charge in [-0.1, -0.05) is 6.07 Å². The average molecular weight is 221 g/mol. The number of carbonyl (C=O) groups is 1. The van der Waals surface area contributed by atoms with Crippen LogP contribution in [0.5, 0.6) is 0 Å². The molecule has 0 spiro atoms. The van der Waals surface area contributed by atoms with E-state index in [1.165, 1.54) is 0 Å². The summed E-state index contributed by atoms with van der Waals surface area (Å²) in [5, 5.41) is 9.04. The van der Waals surface area contributed by atoms with Crippen LogP contribution in [-0.2, 0) is 4.79 Å². The van der Waals surface area contributed by atoms with E-state index in [2.05, 4.69) is 6.07 Å². The first kappa shape index (κ1) is 12.6. The van der Waals surface area contributed by atoms with Crippen molar-refractivity contribution in [2.75, 3.05) is 11.4 Å². The molecule has 0 aromatic heterocycles. The summed E-state index contributed by atoms with van der Waals surface area (Å²) < 4.78 is 0. The first-order valence-electron chi connectivity index (χ1n) is 5.53. The number of hydrogen-bond acceptors (Lipinski definition) is 2. The molecule has 1 aromatic carbocycles. The molecule has 0 aliphatic rings. The van der Waals surface area contributed by atoms with Crippen LogP contribution in [0.3, 0.4) is 0 Å². The lowest BCUT2D eigenvalue weighted by atomic mass is 10.1. The monoisotopic (exact) mass is 221 g/mol. The van der Waals surface area contributed by atoms with Crippen molar-refractivity contribution in [3.05, 3.63) is 29.3 Å². The predicted molar refractivity (Wildman–Crippen MR) is 66.0 cm³/mol. The summed E-state index contributed by atoms with van der Waals surface area (Å²) in [5.74, 6) is -0.791. The molecular formula is C13H19NO2. The number of benzene rings is 1. The van der Waals surface area contributed by atoms with Crippen LogP contribution in [0.2, 0.25) is 0 Å². The zero-order chi connectivity index (χ0) is 12.3. The van der Waals surface area contributed by atoms with Crippen molar-refractivity contribution in [2.24, 2.45) is 0 Å². The Morgan fingerprint density at radius 1 is 1.31 bits per heavy atom. The smallest absolute Gasteiger partial charge is 0.326 e. The van der Waals surface area contributed by atoms with Crippen molar-refractivity contribution in [1.82, 2.24) is 0 Å². The maximum absolute atomic E-state index is 11.0. The Labute approximate surface area is 96.7 Å². The van der Waals surface area contributed by atoms with Crippen LogP contribution in [0.25, 0.3) is 0 Å². The van der Waals surface area contributed by atoms with Gasteiger partial charge in [-0.15, -0.1) is 0 Å². The van der Waals surface area contributed by atoms with E-state index in [9.17, 15) is 4.79 Å². The molecule has 1 N–H and O–H groups in total. The zero-order valence-corrected chi connectivity index (χ0v) is 10.3. The van der Waals surface area contributed by atoms with Gasteiger partial charge in [-0.3, -0.25) is 0 Å². The van der Waals surface area contributed by atoms with Crippen LogP contribution in [0.15, 0.2) is 18.2 Å². The SMILES string of the molecule is CCN(c1cc(C)cc(C)c1)[C@@H](C)C(=O)O. The highest BCUT2D eigenvalue weighted by Gasteiger charge is 2.19. The molecule has 0 fully saturated rings. The molecule has 88 valence electrons. The second-order valence-corrected chi connectivity index (χ2v) is 4.15. The quantitative estimate of drug-likeness (QED) is 0.849. The minimum atomic E-state index is -0.791. The predicted octanol–water partition coefficient (Wildman–Crippen LogP) is 2.60. The van der Waals surface area contributed by atoms with Gasteiger partial charge in [0.15, 0.2) is 0 Å². The lowest BCUT2D eigenvalue weighted by molar-refractivity contribution is -0.138. The Morgan fingerprint density at radius 2 is 1.81 bits per heavy atom. The maximum atomic E-state index is 11.0. The summed E-state index contributed by atoms with van der Waals surface area (Å²) in [6.45, 7) is 8.42. The van der Waals surface area contributed by atoms with Gasteiger partial charge >= 0.3 is 5.97 Å². The maximum Gasteiger partial charge on any atom is 0.326 e. The second-order valence-electron chi connectivity index (χ2n) is 4.15. The highest BCUT2D eigenvalue weighted by Crippen LogP contribution is 2.20. The molecule has 0 amide bonds. The van der Waals surface area contributed by atoms with Crippen LogP contribution >= 0.6 is 0 Å². The number of rotatable bonds is 4. The lowest BCUT2D eigenvalue weighted by Crippen LogP contribution is -2.38. The topological polar surface area (TPSA) is 40.5 Å². The average Bonchev–Trinajstić information content (AvgIpc) is 2.16. The Bertz CT molecular complexity index is 367. The summed E-state index contributed by atoms with van der Waals surface area (Å²) in [7, 11) is 0. The van der Waals surface area contributed by atoms with Crippen LogP contribution in [-0.4, -0.2) is 23.7 Å². The number of nitrogens with zero attached hydrogens (tertiary/aromatic N) is 1. The Morgan fingerprint density at radius 3 is 2.19 bits per heavy atom. The van der Waals surface area contributed by atoms with Crippen LogP contribution < -0.4 is 4.90 Å². The van der Waals surface area contributed by atoms with E-state index < -0.39 is 12.0 Å². The number of carboxylic acid groups (broad SMARTS) is 1. The zero-order valence-electron chi connectivity index (χ0n) is 10.3. The highest BCUT2D eigenvalue weighted by molar-refractivity contribution is 5.77. The third-order valence-electron chi connectivity index (χ3n) is 2.70. The number of carboxylic acids is 1. The summed E-state index contributed by atoms with van der Waals surface area (Å²) in [5.41, 5.74) is 3.30. The highest BCUT2D eigenvalue weighted by atomic mass is 16.4. The molecule has 1 atom stereocenters. The minimum absolute atomic E-state index is 0.494.